The van der Waals surface area contributed by atoms with Gasteiger partial charge in [0.1, 0.15) is 5.75 Å². The Balaban J connectivity index is 3.32. The van der Waals surface area contributed by atoms with E-state index in [0.717, 1.165) is 5.56 Å². The first-order valence-electron chi connectivity index (χ1n) is 4.63. The van der Waals surface area contributed by atoms with Gasteiger partial charge in [0.15, 0.2) is 0 Å². The van der Waals surface area contributed by atoms with Gasteiger partial charge in [-0.2, -0.15) is 0 Å². The summed E-state index contributed by atoms with van der Waals surface area (Å²) in [5.41, 5.74) is 0.542. The molecular weight excluding hydrogens is 194 g/mol. The second-order valence-electron chi connectivity index (χ2n) is 3.94. The minimum atomic E-state index is -0.953. The fraction of sp³-hybridized carbons (Fsp3) is 0.455. The third kappa shape index (κ3) is 1.93. The van der Waals surface area contributed by atoms with Gasteiger partial charge in [0.05, 0.1) is 18.7 Å². The molecule has 1 aromatic rings. The molecular formula is C11H15NO3. The van der Waals surface area contributed by atoms with Gasteiger partial charge in [0.2, 0.25) is 0 Å². The van der Waals surface area contributed by atoms with E-state index in [-0.39, 0.29) is 0 Å². The smallest absolute Gasteiger partial charge is 0.313 e. The monoisotopic (exact) mass is 209 g/mol. The van der Waals surface area contributed by atoms with E-state index in [0.29, 0.717) is 11.3 Å². The first kappa shape index (κ1) is 11.5. The maximum atomic E-state index is 11.1. The van der Waals surface area contributed by atoms with Crippen molar-refractivity contribution in [2.24, 2.45) is 0 Å². The highest BCUT2D eigenvalue weighted by molar-refractivity contribution is 5.80. The highest BCUT2D eigenvalue weighted by Crippen LogP contribution is 2.30. The zero-order valence-corrected chi connectivity index (χ0v) is 9.37. The lowest BCUT2D eigenvalue weighted by Gasteiger charge is -2.22. The number of pyridine rings is 1. The Morgan fingerprint density at radius 1 is 1.47 bits per heavy atom. The molecule has 1 N–H and O–H groups in total. The third-order valence-electron chi connectivity index (χ3n) is 2.60. The predicted molar refractivity (Wildman–Crippen MR) is 56.2 cm³/mol. The molecule has 1 rings (SSSR count). The maximum absolute atomic E-state index is 11.1. The number of hydrogen-bond donors (Lipinski definition) is 1. The lowest BCUT2D eigenvalue weighted by atomic mass is 9.83. The van der Waals surface area contributed by atoms with E-state index < -0.39 is 11.4 Å². The van der Waals surface area contributed by atoms with Crippen LogP contribution in [0.15, 0.2) is 12.4 Å². The van der Waals surface area contributed by atoms with Crippen LogP contribution in [-0.2, 0) is 10.2 Å². The SMILES string of the molecule is COc1cncc(C(C)(C)C(=O)O)c1C. The molecule has 0 aliphatic carbocycles. The second kappa shape index (κ2) is 3.88. The molecule has 0 bridgehead atoms. The molecule has 0 spiro atoms. The number of nitrogens with zero attached hydrogens (tertiary/aromatic N) is 1. The van der Waals surface area contributed by atoms with Gasteiger partial charge in [-0.25, -0.2) is 0 Å². The predicted octanol–water partition coefficient (Wildman–Crippen LogP) is 1.76. The molecule has 1 heterocycles. The summed E-state index contributed by atoms with van der Waals surface area (Å²) >= 11 is 0. The van der Waals surface area contributed by atoms with E-state index in [1.165, 1.54) is 0 Å². The molecule has 15 heavy (non-hydrogen) atoms. The van der Waals surface area contributed by atoms with Crippen molar-refractivity contribution in [3.05, 3.63) is 23.5 Å². The van der Waals surface area contributed by atoms with E-state index in [1.807, 2.05) is 6.92 Å². The fourth-order valence-electron chi connectivity index (χ4n) is 1.46. The number of aromatic nitrogens is 1. The lowest BCUT2D eigenvalue weighted by molar-refractivity contribution is -0.142. The summed E-state index contributed by atoms with van der Waals surface area (Å²) in [5.74, 6) is -0.262. The lowest BCUT2D eigenvalue weighted by Crippen LogP contribution is -2.29. The van der Waals surface area contributed by atoms with Crippen molar-refractivity contribution in [1.82, 2.24) is 4.98 Å². The molecule has 0 aliphatic rings. The van der Waals surface area contributed by atoms with Gasteiger partial charge in [-0.3, -0.25) is 9.78 Å². The molecule has 4 heteroatoms. The summed E-state index contributed by atoms with van der Waals surface area (Å²) < 4.78 is 5.11. The van der Waals surface area contributed by atoms with E-state index in [9.17, 15) is 4.79 Å². The van der Waals surface area contributed by atoms with Crippen LogP contribution in [0.2, 0.25) is 0 Å². The van der Waals surface area contributed by atoms with Crippen LogP contribution in [0.1, 0.15) is 25.0 Å². The maximum Gasteiger partial charge on any atom is 0.313 e. The quantitative estimate of drug-likeness (QED) is 0.824. The standard InChI is InChI=1S/C11H15NO3/c1-7-8(11(2,3)10(13)14)5-12-6-9(7)15-4/h5-6H,1-4H3,(H,13,14). The number of carboxylic acid groups (broad SMARTS) is 1. The Morgan fingerprint density at radius 2 is 2.07 bits per heavy atom. The molecule has 82 valence electrons. The van der Waals surface area contributed by atoms with Gasteiger partial charge in [0.25, 0.3) is 0 Å². The Kier molecular flexibility index (Phi) is 2.98. The summed E-state index contributed by atoms with van der Waals surface area (Å²) in [4.78, 5) is 15.1. The van der Waals surface area contributed by atoms with Crippen LogP contribution in [0.25, 0.3) is 0 Å². The molecule has 0 radical (unpaired) electrons. The van der Waals surface area contributed by atoms with Gasteiger partial charge in [0, 0.05) is 6.20 Å². The van der Waals surface area contributed by atoms with Crippen LogP contribution in [0.3, 0.4) is 0 Å². The number of aliphatic carboxylic acids is 1. The van der Waals surface area contributed by atoms with Crippen LogP contribution in [0.4, 0.5) is 0 Å². The normalized spacial score (nSPS) is 11.2. The molecule has 1 aromatic heterocycles. The van der Waals surface area contributed by atoms with Gasteiger partial charge in [-0.15, -0.1) is 0 Å². The van der Waals surface area contributed by atoms with Gasteiger partial charge in [-0.05, 0) is 31.9 Å². The molecule has 0 atom stereocenters. The fourth-order valence-corrected chi connectivity index (χ4v) is 1.46. The Labute approximate surface area is 88.9 Å². The number of carbonyl (C=O) groups is 1. The number of ether oxygens (including phenoxy) is 1. The van der Waals surface area contributed by atoms with Crippen LogP contribution in [0.5, 0.6) is 5.75 Å². The topological polar surface area (TPSA) is 59.4 Å². The van der Waals surface area contributed by atoms with Crippen molar-refractivity contribution in [2.45, 2.75) is 26.2 Å². The molecule has 0 aliphatic heterocycles. The van der Waals surface area contributed by atoms with Crippen molar-refractivity contribution in [1.29, 1.82) is 0 Å². The van der Waals surface area contributed by atoms with Crippen molar-refractivity contribution >= 4 is 5.97 Å². The molecule has 0 amide bonds. The van der Waals surface area contributed by atoms with Crippen molar-refractivity contribution < 1.29 is 14.6 Å². The summed E-state index contributed by atoms with van der Waals surface area (Å²) in [6.45, 7) is 5.14. The first-order chi connectivity index (χ1) is 6.91. The molecule has 4 nitrogen and oxygen atoms in total. The highest BCUT2D eigenvalue weighted by atomic mass is 16.5. The van der Waals surface area contributed by atoms with Crippen LogP contribution in [0, 0.1) is 6.92 Å². The van der Waals surface area contributed by atoms with E-state index in [1.54, 1.807) is 33.4 Å². The van der Waals surface area contributed by atoms with Crippen LogP contribution < -0.4 is 4.74 Å². The van der Waals surface area contributed by atoms with Gasteiger partial charge in [-0.1, -0.05) is 0 Å². The van der Waals surface area contributed by atoms with Crippen LogP contribution >= 0.6 is 0 Å². The third-order valence-corrected chi connectivity index (χ3v) is 2.60. The highest BCUT2D eigenvalue weighted by Gasteiger charge is 2.32. The Bertz CT molecular complexity index is 385. The molecule has 0 saturated carbocycles. The van der Waals surface area contributed by atoms with E-state index in [4.69, 9.17) is 9.84 Å². The van der Waals surface area contributed by atoms with E-state index >= 15 is 0 Å². The zero-order chi connectivity index (χ0) is 11.6. The summed E-state index contributed by atoms with van der Waals surface area (Å²) in [6.07, 6.45) is 3.16. The van der Waals surface area contributed by atoms with Crippen molar-refractivity contribution in [2.75, 3.05) is 7.11 Å². The summed E-state index contributed by atoms with van der Waals surface area (Å²) in [5, 5.41) is 9.11. The number of carboxylic acids is 1. The Morgan fingerprint density at radius 3 is 2.53 bits per heavy atom. The number of hydrogen-bond acceptors (Lipinski definition) is 3. The minimum Gasteiger partial charge on any atom is -0.495 e. The number of rotatable bonds is 3. The summed E-state index contributed by atoms with van der Waals surface area (Å²) in [6, 6.07) is 0. The minimum absolute atomic E-state index is 0.613. The average molecular weight is 209 g/mol. The molecule has 0 saturated heterocycles. The van der Waals surface area contributed by atoms with Crippen LogP contribution in [-0.4, -0.2) is 23.2 Å². The Hall–Kier alpha value is -1.58. The van der Waals surface area contributed by atoms with Gasteiger partial charge >= 0.3 is 5.97 Å². The number of methoxy groups -OCH3 is 1. The average Bonchev–Trinajstić information content (AvgIpc) is 2.17. The zero-order valence-electron chi connectivity index (χ0n) is 9.37. The van der Waals surface area contributed by atoms with Crippen molar-refractivity contribution in [3.63, 3.8) is 0 Å². The van der Waals surface area contributed by atoms with Gasteiger partial charge < -0.3 is 9.84 Å². The largest absolute Gasteiger partial charge is 0.495 e. The molecule has 0 unspecified atom stereocenters. The van der Waals surface area contributed by atoms with Crippen molar-refractivity contribution in [3.8, 4) is 5.75 Å². The second-order valence-corrected chi connectivity index (χ2v) is 3.94. The van der Waals surface area contributed by atoms with E-state index in [2.05, 4.69) is 4.98 Å². The molecule has 0 fully saturated rings. The first-order valence-corrected chi connectivity index (χ1v) is 4.63. The summed E-state index contributed by atoms with van der Waals surface area (Å²) in [7, 11) is 1.54. The molecule has 0 aromatic carbocycles.